The van der Waals surface area contributed by atoms with Gasteiger partial charge in [0.1, 0.15) is 12.4 Å². The quantitative estimate of drug-likeness (QED) is 0.178. The highest BCUT2D eigenvalue weighted by Crippen LogP contribution is 2.65. The lowest BCUT2D eigenvalue weighted by Crippen LogP contribution is -2.40. The Hall–Kier alpha value is -4.52. The first-order chi connectivity index (χ1) is 19.5. The largest absolute Gasteiger partial charge is 0.489 e. The molecule has 40 heavy (non-hydrogen) atoms. The third-order valence-corrected chi connectivity index (χ3v) is 8.76. The highest BCUT2D eigenvalue weighted by atomic mass is 16.5. The second-order valence-electron chi connectivity index (χ2n) is 11.0. The fraction of sp³-hybridized carbons (Fsp3) is 0.273. The van der Waals surface area contributed by atoms with Gasteiger partial charge in [-0.05, 0) is 78.1 Å². The van der Waals surface area contributed by atoms with E-state index >= 15 is 0 Å². The Morgan fingerprint density at radius 2 is 1.45 bits per heavy atom. The number of imide groups is 1. The Kier molecular flexibility index (Phi) is 5.88. The molecule has 8 rings (SSSR count). The standard InChI is InChI=1S/C33H27NO6/c35-28(20-9-11-23(12-10-20)39-17-19-5-2-1-3-6-19)18-40-33(38)21-7-4-8-22(15-21)34-31(36)29-24-13-14-25(27-16-26(24)27)30(29)32(34)37/h1-15,24-27,29-30H,16-18H2/t24-,25-,26-,27+,29-,30+/m0/s1. The number of carbonyl (C=O) groups excluding carboxylic acids is 4. The van der Waals surface area contributed by atoms with Gasteiger partial charge in [0.2, 0.25) is 11.8 Å². The van der Waals surface area contributed by atoms with Gasteiger partial charge in [-0.15, -0.1) is 0 Å². The van der Waals surface area contributed by atoms with Gasteiger partial charge in [-0.1, -0.05) is 48.6 Å². The number of esters is 1. The molecule has 2 bridgehead atoms. The monoisotopic (exact) mass is 533 g/mol. The number of nitrogens with zero attached hydrogens (tertiary/aromatic N) is 1. The summed E-state index contributed by atoms with van der Waals surface area (Å²) in [6.45, 7) is -0.0172. The van der Waals surface area contributed by atoms with Crippen LogP contribution >= 0.6 is 0 Å². The number of rotatable bonds is 8. The van der Waals surface area contributed by atoms with Crippen molar-refractivity contribution < 1.29 is 28.7 Å². The maximum Gasteiger partial charge on any atom is 0.338 e. The van der Waals surface area contributed by atoms with E-state index in [9.17, 15) is 19.2 Å². The Balaban J connectivity index is 0.979. The summed E-state index contributed by atoms with van der Waals surface area (Å²) in [5.41, 5.74) is 1.97. The first-order valence-corrected chi connectivity index (χ1v) is 13.6. The summed E-state index contributed by atoms with van der Waals surface area (Å²) in [5.74, 6) is -0.116. The molecule has 1 aliphatic heterocycles. The van der Waals surface area contributed by atoms with Gasteiger partial charge in [0.05, 0.1) is 23.1 Å². The van der Waals surface area contributed by atoms with Crippen molar-refractivity contribution in [2.45, 2.75) is 13.0 Å². The summed E-state index contributed by atoms with van der Waals surface area (Å²) in [4.78, 5) is 53.5. The minimum atomic E-state index is -0.697. The number of hydrogen-bond acceptors (Lipinski definition) is 6. The van der Waals surface area contributed by atoms with Crippen molar-refractivity contribution in [3.05, 3.63) is 108 Å². The number of ketones is 1. The van der Waals surface area contributed by atoms with Crippen molar-refractivity contribution in [1.29, 1.82) is 0 Å². The molecule has 5 aliphatic rings. The van der Waals surface area contributed by atoms with Crippen LogP contribution in [0.2, 0.25) is 0 Å². The number of Topliss-reactive ketones (excluding diaryl/α,β-unsaturated/α-hetero) is 1. The van der Waals surface area contributed by atoms with Crippen molar-refractivity contribution >= 4 is 29.3 Å². The fourth-order valence-corrected chi connectivity index (χ4v) is 6.76. The van der Waals surface area contributed by atoms with E-state index in [0.717, 1.165) is 12.0 Å². The summed E-state index contributed by atoms with van der Waals surface area (Å²) in [7, 11) is 0. The van der Waals surface area contributed by atoms with Crippen LogP contribution in [0.3, 0.4) is 0 Å². The Labute approximate surface area is 231 Å². The normalized spacial score (nSPS) is 27.2. The van der Waals surface area contributed by atoms with Crippen LogP contribution in [0.25, 0.3) is 0 Å². The highest BCUT2D eigenvalue weighted by molar-refractivity contribution is 6.23. The van der Waals surface area contributed by atoms with E-state index in [1.807, 2.05) is 30.3 Å². The van der Waals surface area contributed by atoms with Crippen molar-refractivity contribution in [2.75, 3.05) is 11.5 Å². The number of ether oxygens (including phenoxy) is 2. The zero-order chi connectivity index (χ0) is 27.4. The number of allylic oxidation sites excluding steroid dienone is 2. The number of anilines is 1. The highest BCUT2D eigenvalue weighted by Gasteiger charge is 2.67. The second-order valence-corrected chi connectivity index (χ2v) is 11.0. The zero-order valence-electron chi connectivity index (χ0n) is 21.6. The SMILES string of the molecule is O=C(COC(=O)c1cccc(N2C(=O)[C@@H]3[C@H]4C=C[C@@H]([C@@H]5C[C@H]45)[C@@H]3C2=O)c1)c1ccc(OCc2ccccc2)cc1. The molecule has 200 valence electrons. The molecule has 4 aliphatic carbocycles. The molecule has 1 heterocycles. The molecule has 0 unspecified atom stereocenters. The van der Waals surface area contributed by atoms with E-state index in [-0.39, 0.29) is 46.8 Å². The summed E-state index contributed by atoms with van der Waals surface area (Å²) >= 11 is 0. The Morgan fingerprint density at radius 1 is 0.775 bits per heavy atom. The van der Waals surface area contributed by atoms with E-state index in [2.05, 4.69) is 12.2 Å². The topological polar surface area (TPSA) is 90.0 Å². The van der Waals surface area contributed by atoms with Crippen molar-refractivity contribution in [3.8, 4) is 5.75 Å². The van der Waals surface area contributed by atoms with Crippen molar-refractivity contribution in [1.82, 2.24) is 0 Å². The number of carbonyl (C=O) groups is 4. The van der Waals surface area contributed by atoms with Gasteiger partial charge in [0.25, 0.3) is 0 Å². The van der Waals surface area contributed by atoms with Crippen LogP contribution in [-0.4, -0.2) is 30.2 Å². The van der Waals surface area contributed by atoms with E-state index < -0.39 is 12.6 Å². The summed E-state index contributed by atoms with van der Waals surface area (Å²) in [6, 6.07) is 22.8. The maximum atomic E-state index is 13.4. The summed E-state index contributed by atoms with van der Waals surface area (Å²) < 4.78 is 11.0. The molecule has 2 amide bonds. The van der Waals surface area contributed by atoms with Gasteiger partial charge < -0.3 is 9.47 Å². The van der Waals surface area contributed by atoms with E-state index in [4.69, 9.17) is 9.47 Å². The maximum absolute atomic E-state index is 13.4. The average Bonchev–Trinajstić information content (AvgIpc) is 3.78. The predicted octanol–water partition coefficient (Wildman–Crippen LogP) is 4.86. The van der Waals surface area contributed by atoms with Crippen LogP contribution in [0, 0.1) is 35.5 Å². The molecule has 0 spiro atoms. The lowest BCUT2D eigenvalue weighted by Gasteiger charge is -2.37. The fourth-order valence-electron chi connectivity index (χ4n) is 6.76. The minimum Gasteiger partial charge on any atom is -0.489 e. The van der Waals surface area contributed by atoms with Crippen molar-refractivity contribution in [2.24, 2.45) is 35.5 Å². The molecule has 3 aromatic carbocycles. The average molecular weight is 534 g/mol. The first kappa shape index (κ1) is 24.5. The zero-order valence-corrected chi connectivity index (χ0v) is 21.6. The molecule has 0 N–H and O–H groups in total. The van der Waals surface area contributed by atoms with Gasteiger partial charge >= 0.3 is 5.97 Å². The number of benzene rings is 3. The summed E-state index contributed by atoms with van der Waals surface area (Å²) in [5, 5.41) is 0. The number of amides is 2. The van der Waals surface area contributed by atoms with Gasteiger partial charge in [-0.3, -0.25) is 14.4 Å². The van der Waals surface area contributed by atoms with Crippen LogP contribution in [0.5, 0.6) is 5.75 Å². The molecule has 7 heteroatoms. The molecule has 3 aromatic rings. The van der Waals surface area contributed by atoms with Gasteiger partial charge in [-0.2, -0.15) is 0 Å². The lowest BCUT2D eigenvalue weighted by atomic mass is 9.63. The molecule has 0 radical (unpaired) electrons. The molecule has 3 fully saturated rings. The van der Waals surface area contributed by atoms with E-state index in [0.29, 0.717) is 35.4 Å². The van der Waals surface area contributed by atoms with E-state index in [1.54, 1.807) is 42.5 Å². The van der Waals surface area contributed by atoms with Crippen molar-refractivity contribution in [3.63, 3.8) is 0 Å². The van der Waals surface area contributed by atoms with Crippen LogP contribution in [-0.2, 0) is 20.9 Å². The van der Waals surface area contributed by atoms with Gasteiger partial charge in [0, 0.05) is 5.56 Å². The van der Waals surface area contributed by atoms with Gasteiger partial charge in [0.15, 0.2) is 12.4 Å². The van der Waals surface area contributed by atoms with Crippen LogP contribution < -0.4 is 9.64 Å². The molecule has 1 saturated heterocycles. The molecule has 0 aromatic heterocycles. The van der Waals surface area contributed by atoms with Crippen LogP contribution in [0.15, 0.2) is 91.0 Å². The van der Waals surface area contributed by atoms with Crippen LogP contribution in [0.1, 0.15) is 32.7 Å². The third-order valence-electron chi connectivity index (χ3n) is 8.76. The Morgan fingerprint density at radius 3 is 2.12 bits per heavy atom. The second kappa shape index (κ2) is 9.59. The predicted molar refractivity (Wildman–Crippen MR) is 145 cm³/mol. The minimum absolute atomic E-state index is 0.130. The van der Waals surface area contributed by atoms with E-state index in [1.165, 1.54) is 11.0 Å². The summed E-state index contributed by atoms with van der Waals surface area (Å²) in [6.07, 6.45) is 5.36. The molecule has 7 nitrogen and oxygen atoms in total. The van der Waals surface area contributed by atoms with Gasteiger partial charge in [-0.25, -0.2) is 9.69 Å². The lowest BCUT2D eigenvalue weighted by molar-refractivity contribution is -0.124. The first-order valence-electron chi connectivity index (χ1n) is 13.6. The molecule has 6 atom stereocenters. The Bertz CT molecular complexity index is 1510. The molecular weight excluding hydrogens is 506 g/mol. The third kappa shape index (κ3) is 4.13. The smallest absolute Gasteiger partial charge is 0.338 e. The molecule has 2 saturated carbocycles. The van der Waals surface area contributed by atoms with Crippen LogP contribution in [0.4, 0.5) is 5.69 Å². The molecular formula is C33H27NO6. The number of hydrogen-bond donors (Lipinski definition) is 0.